The number of carboxylic acid groups (broad SMARTS) is 1. The van der Waals surface area contributed by atoms with Crippen molar-refractivity contribution in [2.75, 3.05) is 18.0 Å². The van der Waals surface area contributed by atoms with Crippen LogP contribution in [-0.2, 0) is 0 Å². The molecule has 0 spiro atoms. The number of anilines is 1. The van der Waals surface area contributed by atoms with Crippen molar-refractivity contribution in [3.8, 4) is 0 Å². The van der Waals surface area contributed by atoms with E-state index in [2.05, 4.69) is 20.8 Å². The number of carbonyl (C=O) groups is 1. The van der Waals surface area contributed by atoms with Crippen LogP contribution in [0.25, 0.3) is 0 Å². The number of carboxylic acids is 1. The molecule has 0 aliphatic carbocycles. The molecular formula is C17H24FNO2. The van der Waals surface area contributed by atoms with Gasteiger partial charge in [-0.15, -0.1) is 0 Å². The molecule has 0 radical (unpaired) electrons. The third kappa shape index (κ3) is 3.74. The van der Waals surface area contributed by atoms with Crippen LogP contribution in [0.3, 0.4) is 0 Å². The van der Waals surface area contributed by atoms with E-state index in [0.29, 0.717) is 11.6 Å². The molecule has 0 bridgehead atoms. The fourth-order valence-electron chi connectivity index (χ4n) is 3.10. The first-order valence-electron chi connectivity index (χ1n) is 7.57. The zero-order valence-corrected chi connectivity index (χ0v) is 13.0. The number of nitrogens with zero attached hydrogens (tertiary/aromatic N) is 1. The number of halogens is 1. The lowest BCUT2D eigenvalue weighted by Crippen LogP contribution is -2.26. The molecule has 0 saturated carbocycles. The molecule has 0 amide bonds. The van der Waals surface area contributed by atoms with Crippen molar-refractivity contribution < 1.29 is 14.3 Å². The van der Waals surface area contributed by atoms with Crippen LogP contribution in [0.2, 0.25) is 0 Å². The van der Waals surface area contributed by atoms with Crippen molar-refractivity contribution >= 4 is 11.7 Å². The van der Waals surface area contributed by atoms with Crippen molar-refractivity contribution in [3.63, 3.8) is 0 Å². The summed E-state index contributed by atoms with van der Waals surface area (Å²) in [4.78, 5) is 12.9. The van der Waals surface area contributed by atoms with E-state index in [1.165, 1.54) is 6.07 Å². The first-order valence-corrected chi connectivity index (χ1v) is 7.57. The van der Waals surface area contributed by atoms with E-state index in [1.807, 2.05) is 4.90 Å². The summed E-state index contributed by atoms with van der Waals surface area (Å²) in [6.45, 7) is 8.43. The molecule has 1 atom stereocenters. The Bertz CT molecular complexity index is 522. The highest BCUT2D eigenvalue weighted by Gasteiger charge is 2.27. The number of hydrogen-bond donors (Lipinski definition) is 1. The van der Waals surface area contributed by atoms with Crippen molar-refractivity contribution in [2.45, 2.75) is 40.0 Å². The Morgan fingerprint density at radius 2 is 2.00 bits per heavy atom. The minimum absolute atomic E-state index is 0.00126. The Morgan fingerprint density at radius 3 is 2.57 bits per heavy atom. The van der Waals surface area contributed by atoms with E-state index in [1.54, 1.807) is 6.07 Å². The molecule has 1 fully saturated rings. The van der Waals surface area contributed by atoms with Gasteiger partial charge in [0.05, 0.1) is 11.3 Å². The molecule has 1 saturated heterocycles. The van der Waals surface area contributed by atoms with Crippen LogP contribution >= 0.6 is 0 Å². The van der Waals surface area contributed by atoms with Crippen molar-refractivity contribution in [2.24, 2.45) is 11.3 Å². The van der Waals surface area contributed by atoms with Crippen LogP contribution in [0, 0.1) is 17.2 Å². The maximum Gasteiger partial charge on any atom is 0.335 e. The molecule has 3 nitrogen and oxygen atoms in total. The van der Waals surface area contributed by atoms with Gasteiger partial charge in [-0.1, -0.05) is 20.8 Å². The van der Waals surface area contributed by atoms with Gasteiger partial charge in [0.1, 0.15) is 5.82 Å². The zero-order valence-electron chi connectivity index (χ0n) is 13.0. The first-order chi connectivity index (χ1) is 9.79. The van der Waals surface area contributed by atoms with Crippen molar-refractivity contribution in [1.29, 1.82) is 0 Å². The Morgan fingerprint density at radius 1 is 1.29 bits per heavy atom. The summed E-state index contributed by atoms with van der Waals surface area (Å²) in [5.74, 6) is -0.892. The van der Waals surface area contributed by atoms with Gasteiger partial charge < -0.3 is 10.0 Å². The summed E-state index contributed by atoms with van der Waals surface area (Å²) in [6.07, 6.45) is 3.25. The molecule has 1 unspecified atom stereocenters. The van der Waals surface area contributed by atoms with Crippen LogP contribution in [0.5, 0.6) is 0 Å². The van der Waals surface area contributed by atoms with Gasteiger partial charge in [0.2, 0.25) is 0 Å². The third-order valence-corrected chi connectivity index (χ3v) is 4.49. The van der Waals surface area contributed by atoms with Gasteiger partial charge in [-0.3, -0.25) is 0 Å². The molecule has 1 heterocycles. The highest BCUT2D eigenvalue weighted by molar-refractivity contribution is 5.88. The summed E-state index contributed by atoms with van der Waals surface area (Å²) < 4.78 is 14.2. The van der Waals surface area contributed by atoms with Crippen LogP contribution in [0.15, 0.2) is 18.2 Å². The lowest BCUT2D eigenvalue weighted by Gasteiger charge is -2.30. The predicted molar refractivity (Wildman–Crippen MR) is 82.4 cm³/mol. The van der Waals surface area contributed by atoms with E-state index in [4.69, 9.17) is 5.11 Å². The SMILES string of the molecule is CC(C)(C)C1CCCN(c2ccc(C(=O)O)cc2F)CC1. The minimum atomic E-state index is -1.09. The smallest absolute Gasteiger partial charge is 0.335 e. The average molecular weight is 293 g/mol. The molecular weight excluding hydrogens is 269 g/mol. The third-order valence-electron chi connectivity index (χ3n) is 4.49. The van der Waals surface area contributed by atoms with Crippen LogP contribution in [0.4, 0.5) is 10.1 Å². The summed E-state index contributed by atoms with van der Waals surface area (Å²) in [5, 5.41) is 8.90. The lowest BCUT2D eigenvalue weighted by atomic mass is 9.77. The molecule has 1 N–H and O–H groups in total. The molecule has 1 aromatic rings. The fourth-order valence-corrected chi connectivity index (χ4v) is 3.10. The summed E-state index contributed by atoms with van der Waals surface area (Å²) in [5.41, 5.74) is 0.801. The topological polar surface area (TPSA) is 40.5 Å². The predicted octanol–water partition coefficient (Wildman–Crippen LogP) is 4.18. The molecule has 21 heavy (non-hydrogen) atoms. The molecule has 1 aromatic carbocycles. The second-order valence-corrected chi connectivity index (χ2v) is 6.95. The largest absolute Gasteiger partial charge is 0.478 e. The van der Waals surface area contributed by atoms with E-state index < -0.39 is 11.8 Å². The number of hydrogen-bond acceptors (Lipinski definition) is 2. The van der Waals surface area contributed by atoms with Gasteiger partial charge in [-0.05, 0) is 48.8 Å². The number of benzene rings is 1. The normalized spacial score (nSPS) is 20.2. The van der Waals surface area contributed by atoms with E-state index in [-0.39, 0.29) is 11.0 Å². The fraction of sp³-hybridized carbons (Fsp3) is 0.588. The quantitative estimate of drug-likeness (QED) is 0.889. The second-order valence-electron chi connectivity index (χ2n) is 6.95. The number of aromatic carboxylic acids is 1. The van der Waals surface area contributed by atoms with Gasteiger partial charge in [-0.2, -0.15) is 0 Å². The Hall–Kier alpha value is -1.58. The van der Waals surface area contributed by atoms with Gasteiger partial charge in [0, 0.05) is 13.1 Å². The standard InChI is InChI=1S/C17H24FNO2/c1-17(2,3)13-5-4-9-19(10-8-13)15-7-6-12(16(20)21)11-14(15)18/h6-7,11,13H,4-5,8-10H2,1-3H3,(H,20,21). The second kappa shape index (κ2) is 6.04. The zero-order chi connectivity index (χ0) is 15.6. The highest BCUT2D eigenvalue weighted by Crippen LogP contribution is 2.35. The van der Waals surface area contributed by atoms with Crippen LogP contribution < -0.4 is 4.90 Å². The van der Waals surface area contributed by atoms with Crippen LogP contribution in [-0.4, -0.2) is 24.2 Å². The van der Waals surface area contributed by atoms with Gasteiger partial charge in [0.15, 0.2) is 0 Å². The highest BCUT2D eigenvalue weighted by atomic mass is 19.1. The Kier molecular flexibility index (Phi) is 4.55. The lowest BCUT2D eigenvalue weighted by molar-refractivity contribution is 0.0696. The average Bonchev–Trinajstić information content (AvgIpc) is 2.63. The van der Waals surface area contributed by atoms with E-state index in [0.717, 1.165) is 38.4 Å². The molecule has 4 heteroatoms. The Labute approximate surface area is 125 Å². The molecule has 1 aliphatic heterocycles. The van der Waals surface area contributed by atoms with E-state index >= 15 is 0 Å². The van der Waals surface area contributed by atoms with Crippen LogP contribution in [0.1, 0.15) is 50.4 Å². The summed E-state index contributed by atoms with van der Waals surface area (Å²) in [6, 6.07) is 4.19. The van der Waals surface area contributed by atoms with Crippen molar-refractivity contribution in [3.05, 3.63) is 29.6 Å². The van der Waals surface area contributed by atoms with E-state index in [9.17, 15) is 9.18 Å². The molecule has 0 aromatic heterocycles. The van der Waals surface area contributed by atoms with Gasteiger partial charge in [-0.25, -0.2) is 9.18 Å². The molecule has 2 rings (SSSR count). The maximum atomic E-state index is 14.2. The summed E-state index contributed by atoms with van der Waals surface area (Å²) in [7, 11) is 0. The monoisotopic (exact) mass is 293 g/mol. The molecule has 116 valence electrons. The Balaban J connectivity index is 2.14. The summed E-state index contributed by atoms with van der Waals surface area (Å²) >= 11 is 0. The first kappa shape index (κ1) is 15.8. The minimum Gasteiger partial charge on any atom is -0.478 e. The number of rotatable bonds is 2. The van der Waals surface area contributed by atoms with Gasteiger partial charge in [0.25, 0.3) is 0 Å². The van der Waals surface area contributed by atoms with Gasteiger partial charge >= 0.3 is 5.97 Å². The van der Waals surface area contributed by atoms with Crippen molar-refractivity contribution in [1.82, 2.24) is 0 Å². The maximum absolute atomic E-state index is 14.2. The molecule has 1 aliphatic rings.